The second-order valence-electron chi connectivity index (χ2n) is 3.24. The molecule has 0 atom stereocenters. The predicted octanol–water partition coefficient (Wildman–Crippen LogP) is 2.01. The van der Waals surface area contributed by atoms with Crippen LogP contribution < -0.4 is 10.6 Å². The molecule has 0 saturated carbocycles. The Morgan fingerprint density at radius 3 is 2.93 bits per heavy atom. The highest BCUT2D eigenvalue weighted by molar-refractivity contribution is 5.49. The van der Waals surface area contributed by atoms with E-state index in [-0.39, 0.29) is 0 Å². The number of hydrogen-bond acceptors (Lipinski definition) is 3. The van der Waals surface area contributed by atoms with Crippen LogP contribution in [0.1, 0.15) is 25.8 Å². The Morgan fingerprint density at radius 1 is 1.36 bits per heavy atom. The summed E-state index contributed by atoms with van der Waals surface area (Å²) in [6.07, 6.45) is 4.89. The van der Waals surface area contributed by atoms with E-state index in [1.807, 2.05) is 18.5 Å². The number of anilines is 1. The van der Waals surface area contributed by atoms with Gasteiger partial charge in [0.2, 0.25) is 0 Å². The Hall–Kier alpha value is -1.09. The molecule has 14 heavy (non-hydrogen) atoms. The summed E-state index contributed by atoms with van der Waals surface area (Å²) in [4.78, 5) is 4.13. The third kappa shape index (κ3) is 3.34. The van der Waals surface area contributed by atoms with Gasteiger partial charge in [-0.05, 0) is 19.0 Å². The van der Waals surface area contributed by atoms with E-state index in [2.05, 4.69) is 29.5 Å². The van der Waals surface area contributed by atoms with Crippen LogP contribution in [0, 0.1) is 0 Å². The van der Waals surface area contributed by atoms with Gasteiger partial charge in [0, 0.05) is 36.7 Å². The highest BCUT2D eigenvalue weighted by atomic mass is 14.9. The topological polar surface area (TPSA) is 37.0 Å². The van der Waals surface area contributed by atoms with E-state index in [4.69, 9.17) is 0 Å². The maximum atomic E-state index is 4.13. The summed E-state index contributed by atoms with van der Waals surface area (Å²) in [5, 5.41) is 6.69. The van der Waals surface area contributed by atoms with E-state index >= 15 is 0 Å². The van der Waals surface area contributed by atoms with Crippen molar-refractivity contribution in [1.29, 1.82) is 0 Å². The van der Waals surface area contributed by atoms with Crippen LogP contribution in [0.2, 0.25) is 0 Å². The standard InChI is InChI=1S/C11H19N3/c1-3-6-14-11-5-7-13-9-10(11)8-12-4-2/h5,7,9,12H,3-4,6,8H2,1-2H3,(H,13,14). The van der Waals surface area contributed by atoms with Crippen LogP contribution in [-0.4, -0.2) is 18.1 Å². The number of pyridine rings is 1. The molecule has 3 nitrogen and oxygen atoms in total. The molecule has 0 amide bonds. The molecule has 0 aliphatic carbocycles. The molecule has 0 spiro atoms. The van der Waals surface area contributed by atoms with Crippen molar-refractivity contribution in [2.24, 2.45) is 0 Å². The molecule has 1 heterocycles. The Kier molecular flexibility index (Phi) is 5.00. The fourth-order valence-electron chi connectivity index (χ4n) is 1.26. The molecule has 1 aromatic heterocycles. The second kappa shape index (κ2) is 6.38. The normalized spacial score (nSPS) is 10.1. The second-order valence-corrected chi connectivity index (χ2v) is 3.24. The summed E-state index contributed by atoms with van der Waals surface area (Å²) in [5.74, 6) is 0. The highest BCUT2D eigenvalue weighted by Crippen LogP contribution is 2.12. The van der Waals surface area contributed by atoms with Gasteiger partial charge in [0.25, 0.3) is 0 Å². The zero-order valence-corrected chi connectivity index (χ0v) is 9.01. The number of aromatic nitrogens is 1. The lowest BCUT2D eigenvalue weighted by Gasteiger charge is -2.10. The summed E-state index contributed by atoms with van der Waals surface area (Å²) >= 11 is 0. The molecule has 0 aliphatic rings. The maximum Gasteiger partial charge on any atom is 0.0416 e. The third-order valence-electron chi connectivity index (χ3n) is 2.03. The van der Waals surface area contributed by atoms with Gasteiger partial charge in [-0.3, -0.25) is 4.98 Å². The average Bonchev–Trinajstić information content (AvgIpc) is 2.24. The first kappa shape index (κ1) is 11.0. The van der Waals surface area contributed by atoms with Gasteiger partial charge in [-0.2, -0.15) is 0 Å². The predicted molar refractivity (Wildman–Crippen MR) is 60.4 cm³/mol. The molecule has 0 aliphatic heterocycles. The summed E-state index contributed by atoms with van der Waals surface area (Å²) in [6.45, 7) is 7.16. The van der Waals surface area contributed by atoms with E-state index in [0.717, 1.165) is 26.1 Å². The van der Waals surface area contributed by atoms with E-state index in [1.54, 1.807) is 0 Å². The van der Waals surface area contributed by atoms with Gasteiger partial charge in [-0.1, -0.05) is 13.8 Å². The highest BCUT2D eigenvalue weighted by Gasteiger charge is 1.99. The minimum absolute atomic E-state index is 0.885. The summed E-state index contributed by atoms with van der Waals surface area (Å²) in [7, 11) is 0. The lowest BCUT2D eigenvalue weighted by atomic mass is 10.2. The lowest BCUT2D eigenvalue weighted by Crippen LogP contribution is -2.14. The number of hydrogen-bond donors (Lipinski definition) is 2. The molecule has 0 aromatic carbocycles. The molecule has 0 saturated heterocycles. The number of rotatable bonds is 6. The van der Waals surface area contributed by atoms with Crippen molar-refractivity contribution in [3.8, 4) is 0 Å². The van der Waals surface area contributed by atoms with Gasteiger partial charge < -0.3 is 10.6 Å². The fourth-order valence-corrected chi connectivity index (χ4v) is 1.26. The molecular weight excluding hydrogens is 174 g/mol. The van der Waals surface area contributed by atoms with Crippen LogP contribution in [0.3, 0.4) is 0 Å². The number of nitrogens with zero attached hydrogens (tertiary/aromatic N) is 1. The largest absolute Gasteiger partial charge is 0.385 e. The van der Waals surface area contributed by atoms with Gasteiger partial charge in [0.05, 0.1) is 0 Å². The van der Waals surface area contributed by atoms with Gasteiger partial charge in [0.1, 0.15) is 0 Å². The van der Waals surface area contributed by atoms with Crippen molar-refractivity contribution in [2.45, 2.75) is 26.8 Å². The van der Waals surface area contributed by atoms with Crippen LogP contribution in [0.4, 0.5) is 5.69 Å². The minimum atomic E-state index is 0.885. The fraction of sp³-hybridized carbons (Fsp3) is 0.545. The van der Waals surface area contributed by atoms with Crippen molar-refractivity contribution in [2.75, 3.05) is 18.4 Å². The first-order valence-corrected chi connectivity index (χ1v) is 5.26. The number of nitrogens with one attached hydrogen (secondary N) is 2. The molecule has 0 fully saturated rings. The average molecular weight is 193 g/mol. The minimum Gasteiger partial charge on any atom is -0.385 e. The molecule has 0 unspecified atom stereocenters. The zero-order chi connectivity index (χ0) is 10.2. The molecular formula is C11H19N3. The lowest BCUT2D eigenvalue weighted by molar-refractivity contribution is 0.724. The van der Waals surface area contributed by atoms with Crippen LogP contribution in [0.5, 0.6) is 0 Å². The monoisotopic (exact) mass is 193 g/mol. The van der Waals surface area contributed by atoms with Crippen molar-refractivity contribution in [3.63, 3.8) is 0 Å². The van der Waals surface area contributed by atoms with E-state index in [0.29, 0.717) is 0 Å². The van der Waals surface area contributed by atoms with E-state index in [1.165, 1.54) is 11.3 Å². The first-order chi connectivity index (χ1) is 6.88. The summed E-state index contributed by atoms with van der Waals surface area (Å²) in [5.41, 5.74) is 2.44. The van der Waals surface area contributed by atoms with E-state index in [9.17, 15) is 0 Å². The van der Waals surface area contributed by atoms with Crippen molar-refractivity contribution in [1.82, 2.24) is 10.3 Å². The van der Waals surface area contributed by atoms with Crippen LogP contribution in [-0.2, 0) is 6.54 Å². The molecule has 1 rings (SSSR count). The van der Waals surface area contributed by atoms with Gasteiger partial charge in [-0.15, -0.1) is 0 Å². The van der Waals surface area contributed by atoms with Crippen LogP contribution in [0.25, 0.3) is 0 Å². The zero-order valence-electron chi connectivity index (χ0n) is 9.01. The van der Waals surface area contributed by atoms with Crippen LogP contribution in [0.15, 0.2) is 18.5 Å². The Labute approximate surface area is 85.9 Å². The van der Waals surface area contributed by atoms with Gasteiger partial charge in [0.15, 0.2) is 0 Å². The van der Waals surface area contributed by atoms with Gasteiger partial charge >= 0.3 is 0 Å². The smallest absolute Gasteiger partial charge is 0.0416 e. The summed E-state index contributed by atoms with van der Waals surface area (Å²) < 4.78 is 0. The molecule has 78 valence electrons. The van der Waals surface area contributed by atoms with Gasteiger partial charge in [-0.25, -0.2) is 0 Å². The SMILES string of the molecule is CCCNc1ccncc1CNCC. The van der Waals surface area contributed by atoms with Crippen LogP contribution >= 0.6 is 0 Å². The first-order valence-electron chi connectivity index (χ1n) is 5.26. The summed E-state index contributed by atoms with van der Waals surface area (Å²) in [6, 6.07) is 2.03. The van der Waals surface area contributed by atoms with E-state index < -0.39 is 0 Å². The molecule has 2 N–H and O–H groups in total. The molecule has 0 radical (unpaired) electrons. The van der Waals surface area contributed by atoms with Crippen molar-refractivity contribution < 1.29 is 0 Å². The Balaban J connectivity index is 2.60. The Morgan fingerprint density at radius 2 is 2.21 bits per heavy atom. The molecule has 0 bridgehead atoms. The maximum absolute atomic E-state index is 4.13. The quantitative estimate of drug-likeness (QED) is 0.725. The molecule has 1 aromatic rings. The van der Waals surface area contributed by atoms with Crippen molar-refractivity contribution in [3.05, 3.63) is 24.0 Å². The van der Waals surface area contributed by atoms with Crippen molar-refractivity contribution >= 4 is 5.69 Å². The molecule has 3 heteroatoms. The Bertz CT molecular complexity index is 233. The third-order valence-corrected chi connectivity index (χ3v) is 2.03.